The predicted octanol–water partition coefficient (Wildman–Crippen LogP) is 24.4. The summed E-state index contributed by atoms with van der Waals surface area (Å²) < 4.78 is 33.4. The molecule has 0 amide bonds. The molecule has 0 fully saturated rings. The van der Waals surface area contributed by atoms with E-state index >= 15 is 0 Å². The lowest BCUT2D eigenvalue weighted by atomic mass is 10.0. The third kappa shape index (κ3) is 62.2. The zero-order chi connectivity index (χ0) is 84.6. The largest absolute Gasteiger partial charge is 0.494 e. The summed E-state index contributed by atoms with van der Waals surface area (Å²) in [6.45, 7) is 32.4. The molecule has 0 aliphatic rings. The van der Waals surface area contributed by atoms with Crippen LogP contribution >= 0.6 is 0 Å². The zero-order valence-corrected chi connectivity index (χ0v) is 76.2. The van der Waals surface area contributed by atoms with Gasteiger partial charge >= 0.3 is 0 Å². The third-order valence-corrected chi connectivity index (χ3v) is 18.5. The average molecular weight is 1610 g/mol. The van der Waals surface area contributed by atoms with E-state index in [2.05, 4.69) is 247 Å². The highest BCUT2D eigenvalue weighted by Crippen LogP contribution is 2.22. The molecule has 0 unspecified atom stereocenters. The quantitative estimate of drug-likeness (QED) is 0.0203. The Morgan fingerprint density at radius 1 is 0.179 bits per heavy atom. The van der Waals surface area contributed by atoms with Crippen LogP contribution in [0.2, 0.25) is 0 Å². The SMILES string of the molecule is C.CCCCc1cccc(CCCC)c1.CCCCc1cccc(CCCNC)c1.CCCCc1cccc(OCCC)c1.CCCCc1cccc(OCCNC)c1.CCCOc1cccc(CCCNC)c1.CCCOc1cccc(OCCNC)c1.CCCc1cccc(CCCNC)c1.CCCc1cccc(OCCNC)c1. The fourth-order valence-electron chi connectivity index (χ4n) is 12.0. The Kier molecular flexibility index (Phi) is 75.4. The van der Waals surface area contributed by atoms with Gasteiger partial charge in [-0.2, -0.15) is 0 Å². The van der Waals surface area contributed by atoms with Crippen molar-refractivity contribution in [3.63, 3.8) is 0 Å². The molecule has 0 aliphatic heterocycles. The Balaban J connectivity index is 0.00000131. The van der Waals surface area contributed by atoms with E-state index in [9.17, 15) is 0 Å². The smallest absolute Gasteiger partial charge is 0.123 e. The lowest BCUT2D eigenvalue weighted by molar-refractivity contribution is 0.302. The van der Waals surface area contributed by atoms with Gasteiger partial charge in [0, 0.05) is 25.7 Å². The van der Waals surface area contributed by atoms with Gasteiger partial charge in [0.15, 0.2) is 0 Å². The fourth-order valence-corrected chi connectivity index (χ4v) is 12.0. The number of aryl methyl sites for hydroxylation is 10. The molecule has 8 aromatic carbocycles. The molecule has 8 rings (SSSR count). The van der Waals surface area contributed by atoms with Gasteiger partial charge < -0.3 is 60.3 Å². The molecule has 656 valence electrons. The molecule has 117 heavy (non-hydrogen) atoms. The normalized spacial score (nSPS) is 10.2. The van der Waals surface area contributed by atoms with Crippen molar-refractivity contribution in [2.45, 2.75) is 256 Å². The highest BCUT2D eigenvalue weighted by molar-refractivity contribution is 5.34. The van der Waals surface area contributed by atoms with Crippen molar-refractivity contribution in [3.8, 4) is 34.5 Å². The van der Waals surface area contributed by atoms with Crippen LogP contribution in [0, 0.1) is 0 Å². The van der Waals surface area contributed by atoms with Gasteiger partial charge in [-0.3, -0.25) is 0 Å². The van der Waals surface area contributed by atoms with Crippen LogP contribution < -0.4 is 60.3 Å². The maximum Gasteiger partial charge on any atom is 0.123 e. The van der Waals surface area contributed by atoms with Crippen molar-refractivity contribution in [3.05, 3.63) is 250 Å². The van der Waals surface area contributed by atoms with E-state index in [0.29, 0.717) is 6.61 Å². The van der Waals surface area contributed by atoms with Crippen LogP contribution in [0.4, 0.5) is 0 Å². The van der Waals surface area contributed by atoms with Crippen molar-refractivity contribution in [1.82, 2.24) is 31.9 Å². The first-order valence-electron chi connectivity index (χ1n) is 45.3. The second-order valence-electron chi connectivity index (χ2n) is 29.6. The van der Waals surface area contributed by atoms with Crippen LogP contribution in [0.25, 0.3) is 0 Å². The molecule has 0 aromatic heterocycles. The van der Waals surface area contributed by atoms with Crippen LogP contribution in [0.1, 0.15) is 248 Å². The summed E-state index contributed by atoms with van der Waals surface area (Å²) in [5, 5.41) is 18.7. The van der Waals surface area contributed by atoms with Gasteiger partial charge in [0.25, 0.3) is 0 Å². The van der Waals surface area contributed by atoms with Gasteiger partial charge in [-0.1, -0.05) is 249 Å². The Labute approximate surface area is 718 Å². The Morgan fingerprint density at radius 2 is 0.359 bits per heavy atom. The topological polar surface area (TPSA) is 128 Å². The number of benzene rings is 8. The Morgan fingerprint density at radius 3 is 0.573 bits per heavy atom. The van der Waals surface area contributed by atoms with Gasteiger partial charge in [0.2, 0.25) is 0 Å². The Hall–Kier alpha value is -7.68. The monoisotopic (exact) mass is 1610 g/mol. The van der Waals surface area contributed by atoms with E-state index < -0.39 is 0 Å². The number of hydrogen-bond acceptors (Lipinski definition) is 12. The van der Waals surface area contributed by atoms with E-state index in [1.807, 2.05) is 90.8 Å². The second kappa shape index (κ2) is 80.7. The molecular weight excluding hydrogens is 1440 g/mol. The maximum atomic E-state index is 5.60. The molecule has 0 bridgehead atoms. The van der Waals surface area contributed by atoms with E-state index in [-0.39, 0.29) is 7.43 Å². The van der Waals surface area contributed by atoms with Crippen LogP contribution in [-0.2, 0) is 64.2 Å². The summed E-state index contributed by atoms with van der Waals surface area (Å²) in [4.78, 5) is 0. The third-order valence-electron chi connectivity index (χ3n) is 18.5. The molecule has 0 saturated carbocycles. The van der Waals surface area contributed by atoms with E-state index in [1.165, 1.54) is 197 Å². The molecule has 0 saturated heterocycles. The first-order chi connectivity index (χ1) is 56.9. The highest BCUT2D eigenvalue weighted by Gasteiger charge is 2.04. The van der Waals surface area contributed by atoms with E-state index in [1.54, 1.807) is 0 Å². The van der Waals surface area contributed by atoms with Crippen LogP contribution in [-0.4, -0.2) is 121 Å². The van der Waals surface area contributed by atoms with Crippen molar-refractivity contribution < 1.29 is 28.4 Å². The van der Waals surface area contributed by atoms with Crippen molar-refractivity contribution in [1.29, 1.82) is 0 Å². The van der Waals surface area contributed by atoms with Crippen LogP contribution in [0.5, 0.6) is 34.5 Å². The minimum absolute atomic E-state index is 0. The molecule has 0 radical (unpaired) electrons. The van der Waals surface area contributed by atoms with Crippen molar-refractivity contribution in [2.75, 3.05) is 121 Å². The van der Waals surface area contributed by atoms with E-state index in [4.69, 9.17) is 28.4 Å². The first-order valence-corrected chi connectivity index (χ1v) is 45.3. The molecule has 0 heterocycles. The second-order valence-corrected chi connectivity index (χ2v) is 29.6. The molecule has 6 N–H and O–H groups in total. The van der Waals surface area contributed by atoms with Gasteiger partial charge in [-0.25, -0.2) is 0 Å². The van der Waals surface area contributed by atoms with Gasteiger partial charge in [-0.05, 0) is 313 Å². The number of unbranched alkanes of at least 4 members (excludes halogenated alkanes) is 5. The minimum Gasteiger partial charge on any atom is -0.494 e. The Bertz CT molecular complexity index is 3090. The fraction of sp³-hybridized carbons (Fsp3) is 0.543. The molecule has 0 atom stereocenters. The summed E-state index contributed by atoms with van der Waals surface area (Å²) in [6, 6.07) is 68.5. The van der Waals surface area contributed by atoms with Crippen molar-refractivity contribution in [2.24, 2.45) is 0 Å². The van der Waals surface area contributed by atoms with Crippen molar-refractivity contribution >= 4 is 0 Å². The summed E-state index contributed by atoms with van der Waals surface area (Å²) >= 11 is 0. The molecule has 12 nitrogen and oxygen atoms in total. The molecule has 0 aliphatic carbocycles. The number of rotatable bonds is 52. The predicted molar refractivity (Wildman–Crippen MR) is 512 cm³/mol. The summed E-state index contributed by atoms with van der Waals surface area (Å²) in [5.41, 5.74) is 14.5. The molecule has 8 aromatic rings. The number of nitrogens with one attached hydrogen (secondary N) is 6. The van der Waals surface area contributed by atoms with Crippen LogP contribution in [0.15, 0.2) is 194 Å². The van der Waals surface area contributed by atoms with Gasteiger partial charge in [0.05, 0.1) is 19.8 Å². The lowest BCUT2D eigenvalue weighted by Crippen LogP contribution is -2.15. The average Bonchev–Trinajstić information content (AvgIpc) is 0.971. The van der Waals surface area contributed by atoms with E-state index in [0.717, 1.165) is 145 Å². The minimum atomic E-state index is 0. The summed E-state index contributed by atoms with van der Waals surface area (Å²) in [7, 11) is 11.8. The van der Waals surface area contributed by atoms with Gasteiger partial charge in [0.1, 0.15) is 54.3 Å². The summed E-state index contributed by atoms with van der Waals surface area (Å²) in [5.74, 6) is 5.71. The summed E-state index contributed by atoms with van der Waals surface area (Å²) in [6.07, 6.45) is 33.9. The standard InChI is InChI=1S/C14H23N.C14H22.2C13H21NO.C13H21N.C13H20O.C12H19NO2.C12H19NO.CH4/c1-3-4-7-13-8-5-9-14(12-13)10-6-11-15-2;1-3-5-8-13-10-7-11-14(12-13)9-6-4-2;1-3-10-15-13-8-4-6-12(11-13)7-5-9-14-2;1-3-4-6-12-7-5-8-13(11-12)15-10-9-14-2;1-3-6-12-7-4-8-13(11-12)9-5-10-14-2;1-3-5-7-12-8-6-9-13(11-12)14-10-4-2;1-3-8-14-11-5-4-6-12(10-11)15-9-7-13-2;1-3-5-11-6-4-7-12(10-11)14-9-8-13-2;/h5,8-9,12,15H,3-4,6-7,10-11H2,1-2H3;7,10-12H,3-6,8-9H2,1-2H3;4,6,8,11,14H,3,5,7,9-10H2,1-2H3;5,7-8,11,14H,3-4,6,9-10H2,1-2H3;4,7-8,11,14H,3,5-6,9-10H2,1-2H3;6,8-9,11H,3-5,7,10H2,1-2H3;4-6,10,13H,3,7-9H2,1-2H3;4,6-7,10,13H,3,5,8-9H2,1-2H3;1H4. The maximum absolute atomic E-state index is 5.60. The number of ether oxygens (including phenoxy) is 6. The first kappa shape index (κ1) is 109. The number of hydrogen-bond donors (Lipinski definition) is 6. The lowest BCUT2D eigenvalue weighted by Gasteiger charge is -2.08. The molecular formula is C105H170N6O6. The number of likely N-dealkylation sites (N-methyl/N-ethyl adjacent to an activating group) is 3. The molecule has 12 heteroatoms. The van der Waals surface area contributed by atoms with Crippen LogP contribution in [0.3, 0.4) is 0 Å². The molecule has 0 spiro atoms. The highest BCUT2D eigenvalue weighted by atomic mass is 16.5. The van der Waals surface area contributed by atoms with Gasteiger partial charge in [-0.15, -0.1) is 0 Å². The zero-order valence-electron chi connectivity index (χ0n) is 76.2.